The normalized spacial score (nSPS) is 11.1. The van der Waals surface area contributed by atoms with Gasteiger partial charge in [0.25, 0.3) is 6.43 Å². The summed E-state index contributed by atoms with van der Waals surface area (Å²) in [5.41, 5.74) is 2.30. The van der Waals surface area contributed by atoms with E-state index in [1.165, 1.54) is 17.1 Å². The minimum atomic E-state index is -2.43. The number of nitrogens with one attached hydrogen (secondary N) is 1. The van der Waals surface area contributed by atoms with E-state index in [1.807, 2.05) is 13.8 Å². The van der Waals surface area contributed by atoms with Crippen LogP contribution in [0.25, 0.3) is 0 Å². The van der Waals surface area contributed by atoms with Crippen molar-refractivity contribution in [3.8, 4) is 0 Å². The van der Waals surface area contributed by atoms with E-state index in [0.717, 1.165) is 24.2 Å². The van der Waals surface area contributed by atoms with Crippen molar-refractivity contribution in [2.45, 2.75) is 39.7 Å². The predicted octanol–water partition coefficient (Wildman–Crippen LogP) is 2.20. The summed E-state index contributed by atoms with van der Waals surface area (Å²) >= 11 is 0. The van der Waals surface area contributed by atoms with Crippen LogP contribution in [0.5, 0.6) is 0 Å². The summed E-state index contributed by atoms with van der Waals surface area (Å²) in [5.74, 6) is 0.343. The van der Waals surface area contributed by atoms with Crippen LogP contribution in [0.3, 0.4) is 0 Å². The molecule has 8 heteroatoms. The zero-order valence-electron chi connectivity index (χ0n) is 11.3. The minimum Gasteiger partial charge on any atom is -0.320 e. The summed E-state index contributed by atoms with van der Waals surface area (Å²) < 4.78 is 25.6. The molecular formula is C12H16F2N6. The molecule has 6 nitrogen and oxygen atoms in total. The second-order valence-electron chi connectivity index (χ2n) is 4.20. The second-order valence-corrected chi connectivity index (χ2v) is 4.20. The first-order valence-corrected chi connectivity index (χ1v) is 6.42. The number of alkyl halides is 2. The van der Waals surface area contributed by atoms with Crippen LogP contribution in [0.4, 0.5) is 20.4 Å². The molecule has 2 rings (SSSR count). The van der Waals surface area contributed by atoms with Crippen molar-refractivity contribution in [2.24, 2.45) is 0 Å². The molecule has 0 atom stereocenters. The van der Waals surface area contributed by atoms with Gasteiger partial charge in [0, 0.05) is 6.20 Å². The molecule has 0 aliphatic heterocycles. The van der Waals surface area contributed by atoms with Crippen LogP contribution in [0.15, 0.2) is 12.4 Å². The SMILES string of the molecule is CCc1nnc(Nc2cnn(CC(F)F)c2)nc1CC. The Morgan fingerprint density at radius 1 is 1.20 bits per heavy atom. The Morgan fingerprint density at radius 2 is 1.95 bits per heavy atom. The molecule has 108 valence electrons. The maximum Gasteiger partial charge on any atom is 0.257 e. The molecule has 20 heavy (non-hydrogen) atoms. The van der Waals surface area contributed by atoms with Crippen molar-refractivity contribution >= 4 is 11.6 Å². The lowest BCUT2D eigenvalue weighted by atomic mass is 10.2. The Labute approximate surface area is 115 Å². The van der Waals surface area contributed by atoms with Crippen molar-refractivity contribution in [1.82, 2.24) is 25.0 Å². The maximum absolute atomic E-state index is 12.2. The molecule has 0 bridgehead atoms. The molecule has 0 aromatic carbocycles. The van der Waals surface area contributed by atoms with Crippen LogP contribution in [0.2, 0.25) is 0 Å². The maximum atomic E-state index is 12.2. The molecule has 2 heterocycles. The Morgan fingerprint density at radius 3 is 2.60 bits per heavy atom. The molecule has 1 N–H and O–H groups in total. The van der Waals surface area contributed by atoms with Crippen molar-refractivity contribution in [1.29, 1.82) is 0 Å². The molecule has 2 aromatic rings. The van der Waals surface area contributed by atoms with Gasteiger partial charge in [-0.1, -0.05) is 13.8 Å². The Hall–Kier alpha value is -2.12. The minimum absolute atomic E-state index is 0.343. The standard InChI is InChI=1S/C12H16F2N6/c1-3-9-10(4-2)18-19-12(17-9)16-8-5-15-20(6-8)7-11(13)14/h5-6,11H,3-4,7H2,1-2H3,(H,16,17,19). The zero-order chi connectivity index (χ0) is 14.5. The van der Waals surface area contributed by atoms with Crippen LogP contribution >= 0.6 is 0 Å². The average Bonchev–Trinajstić information content (AvgIpc) is 2.85. The van der Waals surface area contributed by atoms with Gasteiger partial charge in [-0.2, -0.15) is 5.10 Å². The number of aromatic nitrogens is 5. The molecule has 0 saturated heterocycles. The fraction of sp³-hybridized carbons (Fsp3) is 0.500. The summed E-state index contributed by atoms with van der Waals surface area (Å²) in [4.78, 5) is 4.36. The number of hydrogen-bond donors (Lipinski definition) is 1. The molecule has 0 spiro atoms. The highest BCUT2D eigenvalue weighted by molar-refractivity contribution is 5.50. The van der Waals surface area contributed by atoms with Gasteiger partial charge in [0.05, 0.1) is 23.3 Å². The molecule has 2 aromatic heterocycles. The van der Waals surface area contributed by atoms with E-state index in [-0.39, 0.29) is 0 Å². The largest absolute Gasteiger partial charge is 0.320 e. The Balaban J connectivity index is 2.11. The molecular weight excluding hydrogens is 266 g/mol. The summed E-state index contributed by atoms with van der Waals surface area (Å²) in [7, 11) is 0. The summed E-state index contributed by atoms with van der Waals surface area (Å²) in [6, 6.07) is 0. The van der Waals surface area contributed by atoms with Crippen molar-refractivity contribution < 1.29 is 8.78 Å². The molecule has 0 unspecified atom stereocenters. The molecule has 0 amide bonds. The van der Waals surface area contributed by atoms with Gasteiger partial charge in [0.15, 0.2) is 0 Å². The van der Waals surface area contributed by atoms with Crippen molar-refractivity contribution in [2.75, 3.05) is 5.32 Å². The lowest BCUT2D eigenvalue weighted by Gasteiger charge is -2.06. The lowest BCUT2D eigenvalue weighted by molar-refractivity contribution is 0.122. The van der Waals surface area contributed by atoms with Gasteiger partial charge in [-0.05, 0) is 12.8 Å². The Kier molecular flexibility index (Phi) is 4.54. The van der Waals surface area contributed by atoms with Gasteiger partial charge in [0.2, 0.25) is 5.95 Å². The molecule has 0 saturated carbocycles. The second kappa shape index (κ2) is 6.36. The van der Waals surface area contributed by atoms with Crippen LogP contribution in [0.1, 0.15) is 25.2 Å². The highest BCUT2D eigenvalue weighted by atomic mass is 19.3. The molecule has 0 aliphatic rings. The van der Waals surface area contributed by atoms with E-state index in [4.69, 9.17) is 0 Å². The molecule has 0 aliphatic carbocycles. The van der Waals surface area contributed by atoms with Gasteiger partial charge in [-0.25, -0.2) is 13.8 Å². The summed E-state index contributed by atoms with van der Waals surface area (Å²) in [6.45, 7) is 3.55. The highest BCUT2D eigenvalue weighted by Crippen LogP contribution is 2.13. The smallest absolute Gasteiger partial charge is 0.257 e. The van der Waals surface area contributed by atoms with Crippen molar-refractivity contribution in [3.63, 3.8) is 0 Å². The molecule has 0 fully saturated rings. The monoisotopic (exact) mass is 282 g/mol. The van der Waals surface area contributed by atoms with Crippen molar-refractivity contribution in [3.05, 3.63) is 23.8 Å². The fourth-order valence-corrected chi connectivity index (χ4v) is 1.79. The van der Waals surface area contributed by atoms with Crippen LogP contribution < -0.4 is 5.32 Å². The van der Waals surface area contributed by atoms with Gasteiger partial charge in [0.1, 0.15) is 6.54 Å². The van der Waals surface area contributed by atoms with Gasteiger partial charge < -0.3 is 5.32 Å². The van der Waals surface area contributed by atoms with Gasteiger partial charge >= 0.3 is 0 Å². The first-order valence-electron chi connectivity index (χ1n) is 6.42. The summed E-state index contributed by atoms with van der Waals surface area (Å²) in [6.07, 6.45) is 2.03. The molecule has 0 radical (unpaired) electrons. The quantitative estimate of drug-likeness (QED) is 0.879. The summed E-state index contributed by atoms with van der Waals surface area (Å²) in [5, 5.41) is 14.8. The highest BCUT2D eigenvalue weighted by Gasteiger charge is 2.09. The average molecular weight is 282 g/mol. The van der Waals surface area contributed by atoms with E-state index < -0.39 is 13.0 Å². The lowest BCUT2D eigenvalue weighted by Crippen LogP contribution is -2.07. The van der Waals surface area contributed by atoms with E-state index in [1.54, 1.807) is 0 Å². The number of rotatable bonds is 6. The van der Waals surface area contributed by atoms with Crippen LogP contribution in [0, 0.1) is 0 Å². The zero-order valence-corrected chi connectivity index (χ0v) is 11.3. The van der Waals surface area contributed by atoms with E-state index >= 15 is 0 Å². The number of aryl methyl sites for hydroxylation is 2. The third-order valence-electron chi connectivity index (χ3n) is 2.72. The third kappa shape index (κ3) is 3.46. The van der Waals surface area contributed by atoms with E-state index in [9.17, 15) is 8.78 Å². The number of halogens is 2. The topological polar surface area (TPSA) is 68.5 Å². The number of hydrogen-bond acceptors (Lipinski definition) is 5. The van der Waals surface area contributed by atoms with E-state index in [0.29, 0.717) is 11.6 Å². The first-order chi connectivity index (χ1) is 9.62. The fourth-order valence-electron chi connectivity index (χ4n) is 1.79. The van der Waals surface area contributed by atoms with Crippen LogP contribution in [-0.4, -0.2) is 31.4 Å². The predicted molar refractivity (Wildman–Crippen MR) is 70.1 cm³/mol. The number of anilines is 2. The Bertz CT molecular complexity index is 569. The van der Waals surface area contributed by atoms with Gasteiger partial charge in [-0.15, -0.1) is 10.2 Å². The van der Waals surface area contributed by atoms with E-state index in [2.05, 4.69) is 25.6 Å². The number of nitrogens with zero attached hydrogens (tertiary/aromatic N) is 5. The third-order valence-corrected chi connectivity index (χ3v) is 2.72. The van der Waals surface area contributed by atoms with Gasteiger partial charge in [-0.3, -0.25) is 4.68 Å². The van der Waals surface area contributed by atoms with Crippen LogP contribution in [-0.2, 0) is 19.4 Å². The first kappa shape index (κ1) is 14.3.